The van der Waals surface area contributed by atoms with E-state index in [2.05, 4.69) is 17.2 Å². The number of esters is 1. The molecule has 0 radical (unpaired) electrons. The Morgan fingerprint density at radius 1 is 1.31 bits per heavy atom. The zero-order chi connectivity index (χ0) is 20.5. The largest absolute Gasteiger partial charge is 0.451 e. The molecule has 0 saturated heterocycles. The number of fused-ring (bicyclic) bond motifs is 2. The van der Waals surface area contributed by atoms with Gasteiger partial charge in [-0.1, -0.05) is 25.1 Å². The maximum atomic E-state index is 12.3. The van der Waals surface area contributed by atoms with Crippen LogP contribution in [-0.2, 0) is 22.4 Å². The smallest absolute Gasteiger partial charge is 0.355 e. The van der Waals surface area contributed by atoms with Crippen molar-refractivity contribution in [3.8, 4) is 0 Å². The molecule has 1 unspecified atom stereocenters. The number of carbonyl (C=O) groups excluding carboxylic acids is 3. The van der Waals surface area contributed by atoms with Crippen LogP contribution in [0, 0.1) is 5.92 Å². The number of nitrogens with two attached hydrogens (primary N) is 1. The average Bonchev–Trinajstić information content (AvgIpc) is 3.26. The third-order valence-corrected chi connectivity index (χ3v) is 6.27. The van der Waals surface area contributed by atoms with Crippen LogP contribution in [-0.4, -0.2) is 29.4 Å². The lowest BCUT2D eigenvalue weighted by molar-refractivity contribution is -0.119. The molecule has 150 valence electrons. The molecular formula is C21H21N3O4S. The van der Waals surface area contributed by atoms with Crippen molar-refractivity contribution in [1.29, 1.82) is 0 Å². The van der Waals surface area contributed by atoms with Gasteiger partial charge >= 0.3 is 5.97 Å². The van der Waals surface area contributed by atoms with E-state index in [1.54, 1.807) is 6.07 Å². The lowest BCUT2D eigenvalue weighted by Crippen LogP contribution is -2.23. The first kappa shape index (κ1) is 19.2. The van der Waals surface area contributed by atoms with E-state index in [9.17, 15) is 14.4 Å². The van der Waals surface area contributed by atoms with Crippen molar-refractivity contribution in [3.05, 3.63) is 52.0 Å². The molecule has 2 amide bonds. The van der Waals surface area contributed by atoms with Gasteiger partial charge in [0.15, 0.2) is 6.61 Å². The number of aromatic nitrogens is 1. The number of primary amides is 1. The Kier molecular flexibility index (Phi) is 5.10. The van der Waals surface area contributed by atoms with E-state index in [0.717, 1.165) is 40.6 Å². The summed E-state index contributed by atoms with van der Waals surface area (Å²) in [7, 11) is 0. The second-order valence-electron chi connectivity index (χ2n) is 7.31. The number of hydrogen-bond acceptors (Lipinski definition) is 5. The van der Waals surface area contributed by atoms with Crippen LogP contribution in [0.2, 0.25) is 0 Å². The fourth-order valence-corrected chi connectivity index (χ4v) is 5.09. The molecule has 8 heteroatoms. The molecule has 1 aromatic carbocycles. The first-order valence-corrected chi connectivity index (χ1v) is 10.2. The fraction of sp³-hybridized carbons (Fsp3) is 0.286. The van der Waals surface area contributed by atoms with Crippen molar-refractivity contribution in [2.45, 2.75) is 26.2 Å². The van der Waals surface area contributed by atoms with Crippen molar-refractivity contribution >= 4 is 45.0 Å². The topological polar surface area (TPSA) is 114 Å². The number of ether oxygens (including phenoxy) is 1. The summed E-state index contributed by atoms with van der Waals surface area (Å²) < 4.78 is 5.12. The molecule has 0 spiro atoms. The molecule has 0 saturated carbocycles. The molecule has 2 heterocycles. The van der Waals surface area contributed by atoms with E-state index in [0.29, 0.717) is 16.5 Å². The number of hydrogen-bond donors (Lipinski definition) is 3. The molecule has 1 atom stereocenters. The van der Waals surface area contributed by atoms with Crippen molar-refractivity contribution < 1.29 is 19.1 Å². The lowest BCUT2D eigenvalue weighted by Gasteiger charge is -2.18. The van der Waals surface area contributed by atoms with Gasteiger partial charge in [0.25, 0.3) is 11.8 Å². The number of amides is 2. The van der Waals surface area contributed by atoms with Crippen molar-refractivity contribution in [3.63, 3.8) is 0 Å². The quantitative estimate of drug-likeness (QED) is 0.559. The van der Waals surface area contributed by atoms with Gasteiger partial charge in [-0.25, -0.2) is 4.79 Å². The molecule has 4 rings (SSSR count). The van der Waals surface area contributed by atoms with Gasteiger partial charge in [0.1, 0.15) is 10.7 Å². The number of rotatable bonds is 5. The van der Waals surface area contributed by atoms with Gasteiger partial charge in [0.2, 0.25) is 0 Å². The minimum Gasteiger partial charge on any atom is -0.451 e. The monoisotopic (exact) mass is 411 g/mol. The fourth-order valence-electron chi connectivity index (χ4n) is 3.65. The Morgan fingerprint density at radius 2 is 2.10 bits per heavy atom. The van der Waals surface area contributed by atoms with Crippen LogP contribution in [0.15, 0.2) is 30.3 Å². The molecule has 0 fully saturated rings. The summed E-state index contributed by atoms with van der Waals surface area (Å²) in [5.41, 5.74) is 7.96. The Balaban J connectivity index is 1.43. The van der Waals surface area contributed by atoms with Crippen LogP contribution in [0.25, 0.3) is 10.9 Å². The molecule has 0 aliphatic heterocycles. The number of thiophene rings is 1. The lowest BCUT2D eigenvalue weighted by atomic mass is 9.88. The highest BCUT2D eigenvalue weighted by Gasteiger charge is 2.27. The third-order valence-electron chi connectivity index (χ3n) is 5.10. The summed E-state index contributed by atoms with van der Waals surface area (Å²) in [4.78, 5) is 40.6. The van der Waals surface area contributed by atoms with Crippen LogP contribution < -0.4 is 11.1 Å². The normalized spacial score (nSPS) is 15.7. The first-order chi connectivity index (χ1) is 13.9. The average molecular weight is 411 g/mol. The summed E-state index contributed by atoms with van der Waals surface area (Å²) in [5.74, 6) is -1.15. The zero-order valence-corrected chi connectivity index (χ0v) is 16.7. The first-order valence-electron chi connectivity index (χ1n) is 9.41. The standard InChI is InChI=1S/C21H21N3O4S/c1-11-6-7-13-16(8-11)29-20(18(13)19(22)26)24-17(25)10-28-21(27)15-9-12-4-2-3-5-14(12)23-15/h2-5,9,11,23H,6-8,10H2,1H3,(H2,22,26)(H,24,25). The van der Waals surface area contributed by atoms with Crippen LogP contribution in [0.3, 0.4) is 0 Å². The molecule has 1 aliphatic carbocycles. The number of aromatic amines is 1. The van der Waals surface area contributed by atoms with E-state index in [1.807, 2.05) is 24.3 Å². The minimum atomic E-state index is -0.620. The summed E-state index contributed by atoms with van der Waals surface area (Å²) in [6.45, 7) is 1.71. The summed E-state index contributed by atoms with van der Waals surface area (Å²) in [6.07, 6.45) is 2.63. The second kappa shape index (κ2) is 7.71. The number of nitrogens with one attached hydrogen (secondary N) is 2. The summed E-state index contributed by atoms with van der Waals surface area (Å²) in [5, 5.41) is 4.01. The number of anilines is 1. The van der Waals surface area contributed by atoms with Crippen LogP contribution in [0.5, 0.6) is 0 Å². The van der Waals surface area contributed by atoms with E-state index < -0.39 is 24.4 Å². The highest BCUT2D eigenvalue weighted by Crippen LogP contribution is 2.39. The van der Waals surface area contributed by atoms with E-state index >= 15 is 0 Å². The number of H-pyrrole nitrogens is 1. The minimum absolute atomic E-state index is 0.275. The van der Waals surface area contributed by atoms with Gasteiger partial charge in [-0.3, -0.25) is 9.59 Å². The molecular weight excluding hydrogens is 390 g/mol. The molecule has 4 N–H and O–H groups in total. The number of para-hydroxylation sites is 1. The van der Waals surface area contributed by atoms with Gasteiger partial charge < -0.3 is 20.8 Å². The van der Waals surface area contributed by atoms with Crippen molar-refractivity contribution in [2.24, 2.45) is 11.7 Å². The van der Waals surface area contributed by atoms with Crippen molar-refractivity contribution in [1.82, 2.24) is 4.98 Å². The molecule has 2 aromatic heterocycles. The highest BCUT2D eigenvalue weighted by molar-refractivity contribution is 7.17. The van der Waals surface area contributed by atoms with Gasteiger partial charge in [-0.2, -0.15) is 0 Å². The third kappa shape index (κ3) is 3.88. The van der Waals surface area contributed by atoms with Gasteiger partial charge in [0, 0.05) is 15.8 Å². The number of carbonyl (C=O) groups is 3. The predicted molar refractivity (Wildman–Crippen MR) is 111 cm³/mol. The van der Waals surface area contributed by atoms with Crippen LogP contribution in [0.1, 0.15) is 44.6 Å². The maximum absolute atomic E-state index is 12.3. The molecule has 7 nitrogen and oxygen atoms in total. The van der Waals surface area contributed by atoms with Gasteiger partial charge in [-0.05, 0) is 42.9 Å². The van der Waals surface area contributed by atoms with Crippen LogP contribution in [0.4, 0.5) is 5.00 Å². The van der Waals surface area contributed by atoms with Gasteiger partial charge in [-0.15, -0.1) is 11.3 Å². The molecule has 3 aromatic rings. The Morgan fingerprint density at radius 3 is 2.86 bits per heavy atom. The zero-order valence-electron chi connectivity index (χ0n) is 15.9. The molecule has 0 bridgehead atoms. The molecule has 1 aliphatic rings. The summed E-state index contributed by atoms with van der Waals surface area (Å²) in [6, 6.07) is 9.13. The Labute approximate surface area is 171 Å². The van der Waals surface area contributed by atoms with E-state index in [4.69, 9.17) is 10.5 Å². The SMILES string of the molecule is CC1CCc2c(sc(NC(=O)COC(=O)c3cc4ccccc4[nH]3)c2C(N)=O)C1. The van der Waals surface area contributed by atoms with E-state index in [-0.39, 0.29) is 5.69 Å². The summed E-state index contributed by atoms with van der Waals surface area (Å²) >= 11 is 1.38. The van der Waals surface area contributed by atoms with Crippen molar-refractivity contribution in [2.75, 3.05) is 11.9 Å². The Hall–Kier alpha value is -3.13. The van der Waals surface area contributed by atoms with Gasteiger partial charge in [0.05, 0.1) is 5.56 Å². The predicted octanol–water partition coefficient (Wildman–Crippen LogP) is 3.25. The highest BCUT2D eigenvalue weighted by atomic mass is 32.1. The Bertz CT molecular complexity index is 1080. The van der Waals surface area contributed by atoms with Crippen LogP contribution >= 0.6 is 11.3 Å². The number of benzene rings is 1. The second-order valence-corrected chi connectivity index (χ2v) is 8.42. The molecule has 29 heavy (non-hydrogen) atoms. The maximum Gasteiger partial charge on any atom is 0.355 e. The van der Waals surface area contributed by atoms with E-state index in [1.165, 1.54) is 11.3 Å².